The standard InChI is InChI=1S/C11H16N2O3S/c1-11(2,3)13-10(15)12-8-7(5-6-17-8)9(14)16-4/h5-6H,1-4H3,(H2,12,13,15). The molecule has 1 aromatic rings. The van der Waals surface area contributed by atoms with Gasteiger partial charge in [0.1, 0.15) is 5.00 Å². The molecule has 0 spiro atoms. The number of esters is 1. The third-order valence-corrected chi connectivity index (χ3v) is 2.62. The van der Waals surface area contributed by atoms with Gasteiger partial charge in [-0.2, -0.15) is 0 Å². The third-order valence-electron chi connectivity index (χ3n) is 1.79. The minimum absolute atomic E-state index is 0.327. The Hall–Kier alpha value is -1.56. The lowest BCUT2D eigenvalue weighted by molar-refractivity contribution is 0.0602. The highest BCUT2D eigenvalue weighted by Crippen LogP contribution is 2.23. The number of anilines is 1. The summed E-state index contributed by atoms with van der Waals surface area (Å²) in [5.41, 5.74) is 0.0359. The van der Waals surface area contributed by atoms with Crippen LogP contribution in [0.2, 0.25) is 0 Å². The molecule has 0 unspecified atom stereocenters. The molecule has 5 nitrogen and oxygen atoms in total. The van der Waals surface area contributed by atoms with Crippen LogP contribution in [0.1, 0.15) is 31.1 Å². The topological polar surface area (TPSA) is 67.4 Å². The summed E-state index contributed by atoms with van der Waals surface area (Å²) in [6.45, 7) is 5.63. The van der Waals surface area contributed by atoms with Gasteiger partial charge in [-0.3, -0.25) is 5.32 Å². The molecule has 0 saturated carbocycles. The molecule has 0 aromatic carbocycles. The fraction of sp³-hybridized carbons (Fsp3) is 0.455. The molecule has 0 aliphatic heterocycles. The quantitative estimate of drug-likeness (QED) is 0.799. The smallest absolute Gasteiger partial charge is 0.340 e. The Kier molecular flexibility index (Phi) is 4.11. The average molecular weight is 256 g/mol. The lowest BCUT2D eigenvalue weighted by atomic mass is 10.1. The molecule has 0 fully saturated rings. The highest BCUT2D eigenvalue weighted by atomic mass is 32.1. The number of nitrogens with one attached hydrogen (secondary N) is 2. The first-order valence-corrected chi connectivity index (χ1v) is 5.96. The number of ether oxygens (including phenoxy) is 1. The fourth-order valence-electron chi connectivity index (χ4n) is 1.15. The predicted molar refractivity (Wildman–Crippen MR) is 67.6 cm³/mol. The van der Waals surface area contributed by atoms with Crippen molar-refractivity contribution in [3.63, 3.8) is 0 Å². The van der Waals surface area contributed by atoms with Crippen molar-refractivity contribution in [1.82, 2.24) is 5.32 Å². The molecule has 0 aliphatic carbocycles. The molecule has 2 N–H and O–H groups in total. The Labute approximate surface area is 104 Å². The van der Waals surface area contributed by atoms with Crippen molar-refractivity contribution in [3.8, 4) is 0 Å². The molecule has 17 heavy (non-hydrogen) atoms. The van der Waals surface area contributed by atoms with E-state index in [1.807, 2.05) is 20.8 Å². The molecular weight excluding hydrogens is 240 g/mol. The largest absolute Gasteiger partial charge is 0.465 e. The van der Waals surface area contributed by atoms with E-state index < -0.39 is 5.97 Å². The van der Waals surface area contributed by atoms with Crippen molar-refractivity contribution >= 4 is 28.3 Å². The monoisotopic (exact) mass is 256 g/mol. The number of amides is 2. The maximum absolute atomic E-state index is 11.6. The van der Waals surface area contributed by atoms with Crippen molar-refractivity contribution in [2.24, 2.45) is 0 Å². The third kappa shape index (κ3) is 4.07. The summed E-state index contributed by atoms with van der Waals surface area (Å²) in [7, 11) is 1.30. The number of hydrogen-bond donors (Lipinski definition) is 2. The number of urea groups is 1. The van der Waals surface area contributed by atoms with Crippen LogP contribution in [0.25, 0.3) is 0 Å². The summed E-state index contributed by atoms with van der Waals surface area (Å²) in [6, 6.07) is 1.27. The molecule has 0 saturated heterocycles. The molecule has 94 valence electrons. The van der Waals surface area contributed by atoms with Crippen molar-refractivity contribution in [2.75, 3.05) is 12.4 Å². The maximum Gasteiger partial charge on any atom is 0.340 e. The Morgan fingerprint density at radius 1 is 1.35 bits per heavy atom. The zero-order valence-electron chi connectivity index (χ0n) is 10.3. The molecule has 0 bridgehead atoms. The van der Waals surface area contributed by atoms with Gasteiger partial charge in [-0.1, -0.05) is 0 Å². The second-order valence-corrected chi connectivity index (χ2v) is 5.40. The first-order chi connectivity index (χ1) is 7.83. The first kappa shape index (κ1) is 13.5. The van der Waals surface area contributed by atoms with Crippen LogP contribution in [0.3, 0.4) is 0 Å². The van der Waals surface area contributed by atoms with Gasteiger partial charge in [0, 0.05) is 5.54 Å². The summed E-state index contributed by atoms with van der Waals surface area (Å²) < 4.78 is 4.61. The van der Waals surface area contributed by atoms with E-state index in [0.717, 1.165) is 0 Å². The Morgan fingerprint density at radius 2 is 2.00 bits per heavy atom. The van der Waals surface area contributed by atoms with Crippen LogP contribution in [-0.4, -0.2) is 24.6 Å². The van der Waals surface area contributed by atoms with E-state index in [4.69, 9.17) is 0 Å². The highest BCUT2D eigenvalue weighted by molar-refractivity contribution is 7.14. The minimum Gasteiger partial charge on any atom is -0.465 e. The van der Waals surface area contributed by atoms with Crippen molar-refractivity contribution in [2.45, 2.75) is 26.3 Å². The van der Waals surface area contributed by atoms with Crippen LogP contribution in [-0.2, 0) is 4.74 Å². The van der Waals surface area contributed by atoms with Crippen LogP contribution in [0, 0.1) is 0 Å². The summed E-state index contributed by atoms with van der Waals surface area (Å²) in [5, 5.41) is 7.58. The van der Waals surface area contributed by atoms with Gasteiger partial charge in [-0.05, 0) is 32.2 Å². The Bertz CT molecular complexity index is 421. The van der Waals surface area contributed by atoms with Crippen LogP contribution in [0.4, 0.5) is 9.80 Å². The van der Waals surface area contributed by atoms with E-state index in [-0.39, 0.29) is 11.6 Å². The zero-order chi connectivity index (χ0) is 13.1. The lowest BCUT2D eigenvalue weighted by Crippen LogP contribution is -2.43. The molecule has 1 heterocycles. The predicted octanol–water partition coefficient (Wildman–Crippen LogP) is 2.45. The number of carbonyl (C=O) groups excluding carboxylic acids is 2. The van der Waals surface area contributed by atoms with Crippen molar-refractivity contribution in [3.05, 3.63) is 17.0 Å². The van der Waals surface area contributed by atoms with Gasteiger partial charge in [-0.25, -0.2) is 9.59 Å². The summed E-state index contributed by atoms with van der Waals surface area (Å²) in [4.78, 5) is 23.0. The van der Waals surface area contributed by atoms with Gasteiger partial charge in [0.2, 0.25) is 0 Å². The van der Waals surface area contributed by atoms with Crippen LogP contribution in [0.15, 0.2) is 11.4 Å². The van der Waals surface area contributed by atoms with Gasteiger partial charge >= 0.3 is 12.0 Å². The second-order valence-electron chi connectivity index (χ2n) is 4.48. The number of thiophene rings is 1. The van der Waals surface area contributed by atoms with Crippen molar-refractivity contribution < 1.29 is 14.3 Å². The van der Waals surface area contributed by atoms with E-state index in [1.54, 1.807) is 11.4 Å². The molecule has 0 atom stereocenters. The van der Waals surface area contributed by atoms with E-state index >= 15 is 0 Å². The normalized spacial score (nSPS) is 10.8. The highest BCUT2D eigenvalue weighted by Gasteiger charge is 2.18. The number of carbonyl (C=O) groups is 2. The van der Waals surface area contributed by atoms with E-state index in [9.17, 15) is 9.59 Å². The van der Waals surface area contributed by atoms with Crippen LogP contribution >= 0.6 is 11.3 Å². The van der Waals surface area contributed by atoms with Gasteiger partial charge in [-0.15, -0.1) is 11.3 Å². The molecule has 6 heteroatoms. The summed E-state index contributed by atoms with van der Waals surface area (Å²) in [5.74, 6) is -0.461. The van der Waals surface area contributed by atoms with Gasteiger partial charge in [0.05, 0.1) is 12.7 Å². The van der Waals surface area contributed by atoms with Gasteiger partial charge in [0.15, 0.2) is 0 Å². The molecule has 1 rings (SSSR count). The lowest BCUT2D eigenvalue weighted by Gasteiger charge is -2.20. The molecular formula is C11H16N2O3S. The first-order valence-electron chi connectivity index (χ1n) is 5.08. The summed E-state index contributed by atoms with van der Waals surface area (Å²) >= 11 is 1.27. The Balaban J connectivity index is 2.72. The molecule has 1 aromatic heterocycles. The van der Waals surface area contributed by atoms with Crippen LogP contribution in [0.5, 0.6) is 0 Å². The minimum atomic E-state index is -0.461. The molecule has 2 amide bonds. The Morgan fingerprint density at radius 3 is 2.53 bits per heavy atom. The van der Waals surface area contributed by atoms with E-state index in [2.05, 4.69) is 15.4 Å². The number of hydrogen-bond acceptors (Lipinski definition) is 4. The van der Waals surface area contributed by atoms with Gasteiger partial charge in [0.25, 0.3) is 0 Å². The molecule has 0 aliphatic rings. The summed E-state index contributed by atoms with van der Waals surface area (Å²) in [6.07, 6.45) is 0. The number of methoxy groups -OCH3 is 1. The number of rotatable bonds is 2. The van der Waals surface area contributed by atoms with E-state index in [0.29, 0.717) is 10.6 Å². The second kappa shape index (κ2) is 5.18. The zero-order valence-corrected chi connectivity index (χ0v) is 11.1. The van der Waals surface area contributed by atoms with Crippen LogP contribution < -0.4 is 10.6 Å². The molecule has 0 radical (unpaired) electrons. The maximum atomic E-state index is 11.6. The van der Waals surface area contributed by atoms with Crippen molar-refractivity contribution in [1.29, 1.82) is 0 Å². The van der Waals surface area contributed by atoms with Gasteiger partial charge < -0.3 is 10.1 Å². The van der Waals surface area contributed by atoms with E-state index in [1.165, 1.54) is 18.4 Å². The fourth-order valence-corrected chi connectivity index (χ4v) is 1.92. The SMILES string of the molecule is COC(=O)c1ccsc1NC(=O)NC(C)(C)C. The average Bonchev–Trinajstić information content (AvgIpc) is 2.61.